The minimum absolute atomic E-state index is 0.0316. The van der Waals surface area contributed by atoms with Gasteiger partial charge in [0.15, 0.2) is 11.6 Å². The summed E-state index contributed by atoms with van der Waals surface area (Å²) in [7, 11) is 0. The summed E-state index contributed by atoms with van der Waals surface area (Å²) in [5.41, 5.74) is 2.02. The number of benzene rings is 1. The van der Waals surface area contributed by atoms with Crippen molar-refractivity contribution in [2.75, 3.05) is 0 Å². The lowest BCUT2D eigenvalue weighted by Crippen LogP contribution is -1.94. The second-order valence-corrected chi connectivity index (χ2v) is 3.29. The highest BCUT2D eigenvalue weighted by molar-refractivity contribution is 6.25. The Balaban J connectivity index is 2.67. The molecule has 0 bridgehead atoms. The van der Waals surface area contributed by atoms with E-state index in [1.54, 1.807) is 6.07 Å². The lowest BCUT2D eigenvalue weighted by atomic mass is 10.0. The van der Waals surface area contributed by atoms with Crippen molar-refractivity contribution >= 4 is 17.6 Å². The van der Waals surface area contributed by atoms with Crippen molar-refractivity contribution in [3.05, 3.63) is 41.0 Å². The number of Topliss-reactive ketones (excluding diaryl/α,β-unsaturated/α-hetero) is 2. The van der Waals surface area contributed by atoms with Gasteiger partial charge in [-0.1, -0.05) is 30.4 Å². The molecule has 2 heteroatoms. The van der Waals surface area contributed by atoms with Crippen LogP contribution in [-0.2, 0) is 0 Å². The van der Waals surface area contributed by atoms with Gasteiger partial charge in [0, 0.05) is 11.1 Å². The summed E-state index contributed by atoms with van der Waals surface area (Å²) >= 11 is 0. The second-order valence-electron chi connectivity index (χ2n) is 3.29. The molecule has 2 rings (SSSR count). The van der Waals surface area contributed by atoms with E-state index in [1.807, 2.05) is 31.2 Å². The molecule has 14 heavy (non-hydrogen) atoms. The van der Waals surface area contributed by atoms with Gasteiger partial charge in [-0.15, -0.1) is 0 Å². The number of ketones is 2. The van der Waals surface area contributed by atoms with Crippen LogP contribution in [0.1, 0.15) is 39.6 Å². The molecule has 0 unspecified atom stereocenters. The zero-order valence-corrected chi connectivity index (χ0v) is 7.91. The number of carbonyl (C=O) groups excluding carboxylic acids is 2. The highest BCUT2D eigenvalue weighted by Crippen LogP contribution is 2.26. The quantitative estimate of drug-likeness (QED) is 0.631. The van der Waals surface area contributed by atoms with Gasteiger partial charge in [-0.05, 0) is 12.5 Å². The summed E-state index contributed by atoms with van der Waals surface area (Å²) < 4.78 is 0. The highest BCUT2D eigenvalue weighted by atomic mass is 16.2. The average Bonchev–Trinajstić information content (AvgIpc) is 2.44. The molecule has 70 valence electrons. The number of carbonyl (C=O) groups is 2. The molecule has 1 aliphatic rings. The predicted molar refractivity (Wildman–Crippen MR) is 54.4 cm³/mol. The largest absolute Gasteiger partial charge is 0.294 e. The van der Waals surface area contributed by atoms with E-state index in [-0.39, 0.29) is 18.0 Å². The Morgan fingerprint density at radius 3 is 2.71 bits per heavy atom. The fraction of sp³-hybridized carbons (Fsp3) is 0.167. The van der Waals surface area contributed by atoms with Crippen LogP contribution < -0.4 is 0 Å². The first-order valence-electron chi connectivity index (χ1n) is 4.56. The third-order valence-electron chi connectivity index (χ3n) is 2.34. The Morgan fingerprint density at radius 2 is 2.00 bits per heavy atom. The molecule has 0 saturated carbocycles. The smallest absolute Gasteiger partial charge is 0.171 e. The van der Waals surface area contributed by atoms with E-state index in [2.05, 4.69) is 0 Å². The van der Waals surface area contributed by atoms with Crippen molar-refractivity contribution in [2.24, 2.45) is 0 Å². The maximum absolute atomic E-state index is 11.5. The van der Waals surface area contributed by atoms with Gasteiger partial charge in [-0.3, -0.25) is 9.59 Å². The number of fused-ring (bicyclic) bond motifs is 1. The van der Waals surface area contributed by atoms with Crippen molar-refractivity contribution in [1.82, 2.24) is 0 Å². The van der Waals surface area contributed by atoms with Crippen molar-refractivity contribution in [1.29, 1.82) is 0 Å². The lowest BCUT2D eigenvalue weighted by molar-refractivity contribution is 0.0923. The van der Waals surface area contributed by atoms with Crippen molar-refractivity contribution in [2.45, 2.75) is 13.3 Å². The summed E-state index contributed by atoms with van der Waals surface area (Å²) in [5, 5.41) is 0. The molecule has 0 aromatic heterocycles. The first-order chi connectivity index (χ1) is 6.74. The van der Waals surface area contributed by atoms with E-state index < -0.39 is 0 Å². The van der Waals surface area contributed by atoms with Crippen molar-refractivity contribution in [3.63, 3.8) is 0 Å². The monoisotopic (exact) mass is 186 g/mol. The van der Waals surface area contributed by atoms with E-state index in [1.165, 1.54) is 0 Å². The molecule has 0 heterocycles. The Labute approximate surface area is 82.2 Å². The van der Waals surface area contributed by atoms with Crippen LogP contribution in [0.25, 0.3) is 6.08 Å². The topological polar surface area (TPSA) is 34.1 Å². The fourth-order valence-electron chi connectivity index (χ4n) is 1.76. The van der Waals surface area contributed by atoms with Crippen LogP contribution in [0.5, 0.6) is 0 Å². The van der Waals surface area contributed by atoms with E-state index in [4.69, 9.17) is 0 Å². The highest BCUT2D eigenvalue weighted by Gasteiger charge is 2.28. The standard InChI is InChI=1S/C12H10O2/c1-2-4-8-5-3-6-9-10(13)7-11(14)12(8)9/h2-6H,7H2,1H3/b4-2-. The second kappa shape index (κ2) is 3.22. The third kappa shape index (κ3) is 1.20. The zero-order valence-electron chi connectivity index (χ0n) is 7.91. The number of hydrogen-bond donors (Lipinski definition) is 0. The minimum Gasteiger partial charge on any atom is -0.294 e. The van der Waals surface area contributed by atoms with E-state index in [0.29, 0.717) is 11.1 Å². The molecule has 0 N–H and O–H groups in total. The molecular formula is C12H10O2. The van der Waals surface area contributed by atoms with Gasteiger partial charge in [-0.25, -0.2) is 0 Å². The van der Waals surface area contributed by atoms with Crippen LogP contribution in [-0.4, -0.2) is 11.6 Å². The number of hydrogen-bond acceptors (Lipinski definition) is 2. The summed E-state index contributed by atoms with van der Waals surface area (Å²) in [6, 6.07) is 5.38. The first-order valence-corrected chi connectivity index (χ1v) is 4.56. The summed E-state index contributed by atoms with van der Waals surface area (Å²) in [4.78, 5) is 22.9. The molecule has 1 aliphatic carbocycles. The van der Waals surface area contributed by atoms with Crippen molar-refractivity contribution in [3.8, 4) is 0 Å². The Morgan fingerprint density at radius 1 is 1.21 bits per heavy atom. The molecule has 0 spiro atoms. The molecule has 0 aliphatic heterocycles. The van der Waals surface area contributed by atoms with Gasteiger partial charge in [0.2, 0.25) is 0 Å². The normalized spacial score (nSPS) is 15.2. The Hall–Kier alpha value is -1.70. The van der Waals surface area contributed by atoms with Gasteiger partial charge in [-0.2, -0.15) is 0 Å². The van der Waals surface area contributed by atoms with Crippen LogP contribution in [0.15, 0.2) is 24.3 Å². The van der Waals surface area contributed by atoms with Gasteiger partial charge >= 0.3 is 0 Å². The van der Waals surface area contributed by atoms with Crippen LogP contribution >= 0.6 is 0 Å². The fourth-order valence-corrected chi connectivity index (χ4v) is 1.76. The zero-order chi connectivity index (χ0) is 10.1. The minimum atomic E-state index is -0.0589. The average molecular weight is 186 g/mol. The van der Waals surface area contributed by atoms with Gasteiger partial charge < -0.3 is 0 Å². The lowest BCUT2D eigenvalue weighted by Gasteiger charge is -2.00. The SMILES string of the molecule is C/C=C\c1cccc2c1C(=O)CC2=O. The molecule has 1 aromatic carbocycles. The molecule has 2 nitrogen and oxygen atoms in total. The molecule has 1 aromatic rings. The molecule has 0 atom stereocenters. The van der Waals surface area contributed by atoms with Crippen LogP contribution in [0.3, 0.4) is 0 Å². The summed E-state index contributed by atoms with van der Waals surface area (Å²) in [6.07, 6.45) is 3.75. The molecule has 0 radical (unpaired) electrons. The van der Waals surface area contributed by atoms with Crippen LogP contribution in [0, 0.1) is 0 Å². The number of rotatable bonds is 1. The summed E-state index contributed by atoms with van der Waals surface area (Å²) in [5.74, 6) is -0.116. The predicted octanol–water partition coefficient (Wildman–Crippen LogP) is 2.49. The Kier molecular flexibility index (Phi) is 2.04. The Bertz CT molecular complexity index is 442. The van der Waals surface area contributed by atoms with Crippen molar-refractivity contribution < 1.29 is 9.59 Å². The maximum atomic E-state index is 11.5. The van der Waals surface area contributed by atoms with Gasteiger partial charge in [0.25, 0.3) is 0 Å². The molecule has 0 fully saturated rings. The molecule has 0 saturated heterocycles. The van der Waals surface area contributed by atoms with Gasteiger partial charge in [0.1, 0.15) is 0 Å². The molecule has 0 amide bonds. The van der Waals surface area contributed by atoms with Crippen LogP contribution in [0.4, 0.5) is 0 Å². The molecular weight excluding hydrogens is 176 g/mol. The van der Waals surface area contributed by atoms with Gasteiger partial charge in [0.05, 0.1) is 6.42 Å². The number of allylic oxidation sites excluding steroid dienone is 1. The summed E-state index contributed by atoms with van der Waals surface area (Å²) in [6.45, 7) is 1.89. The van der Waals surface area contributed by atoms with E-state index in [0.717, 1.165) is 5.56 Å². The third-order valence-corrected chi connectivity index (χ3v) is 2.34. The first kappa shape index (κ1) is 8.88. The maximum Gasteiger partial charge on any atom is 0.171 e. The van der Waals surface area contributed by atoms with E-state index >= 15 is 0 Å². The van der Waals surface area contributed by atoms with Crippen LogP contribution in [0.2, 0.25) is 0 Å². The van der Waals surface area contributed by atoms with E-state index in [9.17, 15) is 9.59 Å².